The molecule has 1 aromatic carbocycles. The second-order valence-electron chi connectivity index (χ2n) is 5.95. The lowest BCUT2D eigenvalue weighted by Crippen LogP contribution is -2.38. The highest BCUT2D eigenvalue weighted by Crippen LogP contribution is 2.48. The van der Waals surface area contributed by atoms with Gasteiger partial charge in [0.15, 0.2) is 0 Å². The number of aliphatic hydroxyl groups is 1. The van der Waals surface area contributed by atoms with Gasteiger partial charge in [0.2, 0.25) is 0 Å². The summed E-state index contributed by atoms with van der Waals surface area (Å²) >= 11 is 0. The van der Waals surface area contributed by atoms with Gasteiger partial charge in [0.05, 0.1) is 5.60 Å². The van der Waals surface area contributed by atoms with Crippen LogP contribution in [0.2, 0.25) is 0 Å². The predicted molar refractivity (Wildman–Crippen MR) is 69.6 cm³/mol. The quantitative estimate of drug-likeness (QED) is 0.776. The molecule has 0 amide bonds. The Hall–Kier alpha value is -0.820. The summed E-state index contributed by atoms with van der Waals surface area (Å²) in [6.07, 6.45) is 8.67. The van der Waals surface area contributed by atoms with Crippen molar-refractivity contribution in [2.75, 3.05) is 0 Å². The average molecular weight is 230 g/mol. The van der Waals surface area contributed by atoms with Gasteiger partial charge in [0.25, 0.3) is 0 Å². The van der Waals surface area contributed by atoms with Gasteiger partial charge in [0.1, 0.15) is 0 Å². The molecule has 1 aromatic rings. The number of hydrogen-bond acceptors (Lipinski definition) is 1. The van der Waals surface area contributed by atoms with E-state index in [9.17, 15) is 5.11 Å². The van der Waals surface area contributed by atoms with Gasteiger partial charge < -0.3 is 5.11 Å². The molecule has 2 aliphatic rings. The molecule has 3 atom stereocenters. The maximum absolute atomic E-state index is 10.9. The summed E-state index contributed by atoms with van der Waals surface area (Å²) in [7, 11) is 0. The molecule has 0 aromatic heterocycles. The van der Waals surface area contributed by atoms with Crippen molar-refractivity contribution >= 4 is 0 Å². The van der Waals surface area contributed by atoms with Crippen LogP contribution < -0.4 is 0 Å². The zero-order chi connectivity index (χ0) is 11.7. The zero-order valence-corrected chi connectivity index (χ0v) is 10.4. The number of fused-ring (bicyclic) bond motifs is 1. The Balaban J connectivity index is 1.80. The van der Waals surface area contributed by atoms with Crippen molar-refractivity contribution in [2.45, 2.75) is 50.5 Å². The largest absolute Gasteiger partial charge is 0.385 e. The second-order valence-corrected chi connectivity index (χ2v) is 5.95. The first-order valence-electron chi connectivity index (χ1n) is 7.06. The van der Waals surface area contributed by atoms with Crippen LogP contribution >= 0.6 is 0 Å². The molecule has 0 spiro atoms. The van der Waals surface area contributed by atoms with E-state index >= 15 is 0 Å². The number of rotatable bonds is 1. The van der Waals surface area contributed by atoms with Gasteiger partial charge in [-0.3, -0.25) is 0 Å². The molecule has 0 aliphatic heterocycles. The van der Waals surface area contributed by atoms with Gasteiger partial charge in [-0.15, -0.1) is 0 Å². The summed E-state index contributed by atoms with van der Waals surface area (Å²) in [6.45, 7) is 0. The monoisotopic (exact) mass is 230 g/mol. The van der Waals surface area contributed by atoms with Crippen LogP contribution in [0.3, 0.4) is 0 Å². The van der Waals surface area contributed by atoms with Gasteiger partial charge >= 0.3 is 0 Å². The molecule has 3 rings (SSSR count). The fourth-order valence-electron chi connectivity index (χ4n) is 3.90. The highest BCUT2D eigenvalue weighted by molar-refractivity contribution is 5.23. The van der Waals surface area contributed by atoms with Crippen LogP contribution in [0.5, 0.6) is 0 Å². The van der Waals surface area contributed by atoms with Crippen LogP contribution in [0.4, 0.5) is 0 Å². The first-order valence-corrected chi connectivity index (χ1v) is 7.06. The van der Waals surface area contributed by atoms with E-state index in [-0.39, 0.29) is 0 Å². The molecule has 0 bridgehead atoms. The maximum atomic E-state index is 10.9. The molecule has 0 heterocycles. The fraction of sp³-hybridized carbons (Fsp3) is 0.625. The molecule has 1 heteroatoms. The van der Waals surface area contributed by atoms with E-state index in [0.717, 1.165) is 30.2 Å². The van der Waals surface area contributed by atoms with E-state index in [2.05, 4.69) is 12.1 Å². The van der Waals surface area contributed by atoms with Crippen LogP contribution in [0, 0.1) is 11.8 Å². The van der Waals surface area contributed by atoms with Gasteiger partial charge in [-0.2, -0.15) is 0 Å². The first kappa shape index (κ1) is 11.3. The lowest BCUT2D eigenvalue weighted by atomic mass is 9.64. The molecule has 1 nitrogen and oxygen atoms in total. The van der Waals surface area contributed by atoms with Gasteiger partial charge in [-0.1, -0.05) is 56.0 Å². The Bertz CT molecular complexity index is 372. The summed E-state index contributed by atoms with van der Waals surface area (Å²) in [5, 5.41) is 10.9. The SMILES string of the molecule is O[C@]1(c2ccccc2)CC[C@@H]2CCCC[C@@H]2C1. The van der Waals surface area contributed by atoms with Crippen molar-refractivity contribution in [1.82, 2.24) is 0 Å². The Kier molecular flexibility index (Phi) is 2.96. The summed E-state index contributed by atoms with van der Waals surface area (Å²) in [6, 6.07) is 10.3. The molecule has 0 radical (unpaired) electrons. The van der Waals surface area contributed by atoms with E-state index in [1.807, 2.05) is 18.2 Å². The molecule has 2 aliphatic carbocycles. The lowest BCUT2D eigenvalue weighted by molar-refractivity contribution is -0.0500. The minimum absolute atomic E-state index is 0.542. The van der Waals surface area contributed by atoms with E-state index in [4.69, 9.17) is 0 Å². The summed E-state index contributed by atoms with van der Waals surface area (Å²) in [4.78, 5) is 0. The molecule has 2 fully saturated rings. The van der Waals surface area contributed by atoms with E-state index in [0.29, 0.717) is 0 Å². The molecular weight excluding hydrogens is 208 g/mol. The molecule has 0 saturated heterocycles. The van der Waals surface area contributed by atoms with Gasteiger partial charge in [0, 0.05) is 0 Å². The Morgan fingerprint density at radius 2 is 1.65 bits per heavy atom. The van der Waals surface area contributed by atoms with Crippen LogP contribution in [0.1, 0.15) is 50.5 Å². The Labute approximate surface area is 104 Å². The molecule has 0 unspecified atom stereocenters. The van der Waals surface area contributed by atoms with Crippen LogP contribution in [0.15, 0.2) is 30.3 Å². The van der Waals surface area contributed by atoms with E-state index in [1.165, 1.54) is 32.1 Å². The highest BCUT2D eigenvalue weighted by Gasteiger charge is 2.41. The number of hydrogen-bond donors (Lipinski definition) is 1. The zero-order valence-electron chi connectivity index (χ0n) is 10.4. The van der Waals surface area contributed by atoms with E-state index in [1.54, 1.807) is 0 Å². The van der Waals surface area contributed by atoms with Crippen LogP contribution in [0.25, 0.3) is 0 Å². The number of benzene rings is 1. The smallest absolute Gasteiger partial charge is 0.0899 e. The summed E-state index contributed by atoms with van der Waals surface area (Å²) < 4.78 is 0. The van der Waals surface area contributed by atoms with Crippen molar-refractivity contribution < 1.29 is 5.11 Å². The third-order valence-electron chi connectivity index (χ3n) is 4.91. The topological polar surface area (TPSA) is 20.2 Å². The fourth-order valence-corrected chi connectivity index (χ4v) is 3.90. The Morgan fingerprint density at radius 3 is 2.41 bits per heavy atom. The van der Waals surface area contributed by atoms with Crippen molar-refractivity contribution in [3.63, 3.8) is 0 Å². The Morgan fingerprint density at radius 1 is 0.941 bits per heavy atom. The third-order valence-corrected chi connectivity index (χ3v) is 4.91. The van der Waals surface area contributed by atoms with Gasteiger partial charge in [-0.05, 0) is 36.7 Å². The normalized spacial score (nSPS) is 37.5. The maximum Gasteiger partial charge on any atom is 0.0899 e. The van der Waals surface area contributed by atoms with Crippen molar-refractivity contribution in [2.24, 2.45) is 11.8 Å². The summed E-state index contributed by atoms with van der Waals surface area (Å²) in [5.41, 5.74) is 0.587. The molecule has 17 heavy (non-hydrogen) atoms. The minimum atomic E-state index is -0.542. The predicted octanol–water partition coefficient (Wildman–Crippen LogP) is 3.86. The van der Waals surface area contributed by atoms with Crippen molar-refractivity contribution in [1.29, 1.82) is 0 Å². The second kappa shape index (κ2) is 4.45. The lowest BCUT2D eigenvalue weighted by Gasteiger charge is -2.44. The standard InChI is InChI=1S/C16H22O/c17-16(15-8-2-1-3-9-15)11-10-13-6-4-5-7-14(13)12-16/h1-3,8-9,13-14,17H,4-7,10-12H2/t13-,14+,16+/m0/s1. The highest BCUT2D eigenvalue weighted by atomic mass is 16.3. The average Bonchev–Trinajstić information content (AvgIpc) is 2.40. The third kappa shape index (κ3) is 2.13. The molecule has 92 valence electrons. The van der Waals surface area contributed by atoms with Crippen LogP contribution in [-0.2, 0) is 5.60 Å². The molecule has 2 saturated carbocycles. The van der Waals surface area contributed by atoms with Gasteiger partial charge in [-0.25, -0.2) is 0 Å². The summed E-state index contributed by atoms with van der Waals surface area (Å²) in [5.74, 6) is 1.66. The van der Waals surface area contributed by atoms with E-state index < -0.39 is 5.60 Å². The van der Waals surface area contributed by atoms with Crippen molar-refractivity contribution in [3.8, 4) is 0 Å². The van der Waals surface area contributed by atoms with Crippen molar-refractivity contribution in [3.05, 3.63) is 35.9 Å². The molecular formula is C16H22O. The minimum Gasteiger partial charge on any atom is -0.385 e. The molecule has 1 N–H and O–H groups in total. The first-order chi connectivity index (χ1) is 8.28. The van der Waals surface area contributed by atoms with Crippen LogP contribution in [-0.4, -0.2) is 5.11 Å².